The highest BCUT2D eigenvalue weighted by Crippen LogP contribution is 2.29. The molecule has 0 radical (unpaired) electrons. The summed E-state index contributed by atoms with van der Waals surface area (Å²) in [6, 6.07) is 14.2. The monoisotopic (exact) mass is 410 g/mol. The molecular formula is C22H23ClN4O2. The van der Waals surface area contributed by atoms with Crippen LogP contribution in [0.4, 0.5) is 5.69 Å². The number of fused-ring (bicyclic) bond motifs is 2. The molecule has 3 aromatic rings. The minimum Gasteiger partial charge on any atom is -0.482 e. The van der Waals surface area contributed by atoms with Gasteiger partial charge in [0.05, 0.1) is 16.2 Å². The molecule has 1 saturated heterocycles. The molecule has 6 nitrogen and oxygen atoms in total. The summed E-state index contributed by atoms with van der Waals surface area (Å²) in [5.74, 6) is 0.656. The first-order valence-electron chi connectivity index (χ1n) is 9.96. The van der Waals surface area contributed by atoms with E-state index < -0.39 is 0 Å². The Bertz CT molecular complexity index is 1060. The predicted molar refractivity (Wildman–Crippen MR) is 116 cm³/mol. The average molecular weight is 411 g/mol. The number of carbonyl (C=O) groups excluding carboxylic acids is 1. The Hall–Kier alpha value is -2.70. The fraction of sp³-hybridized carbons (Fsp3) is 0.318. The number of rotatable bonds is 4. The van der Waals surface area contributed by atoms with E-state index in [9.17, 15) is 4.79 Å². The largest absolute Gasteiger partial charge is 0.482 e. The van der Waals surface area contributed by atoms with E-state index in [-0.39, 0.29) is 12.5 Å². The van der Waals surface area contributed by atoms with E-state index in [4.69, 9.17) is 16.3 Å². The number of ether oxygens (including phenoxy) is 1. The molecular weight excluding hydrogens is 388 g/mol. The Labute approximate surface area is 174 Å². The first-order chi connectivity index (χ1) is 14.2. The molecule has 1 N–H and O–H groups in total. The smallest absolute Gasteiger partial charge is 0.262 e. The van der Waals surface area contributed by atoms with Gasteiger partial charge in [0.15, 0.2) is 6.61 Å². The molecule has 0 atom stereocenters. The molecule has 0 spiro atoms. The standard InChI is InChI=1S/C22H23ClN4O2/c23-18-3-1-2-17-7-9-27(22(17)18)26-12-10-25(11-13-26)8-6-16-4-5-20-19(14-16)24-21(28)15-29-20/h1-5,7,9,14H,6,8,10-13,15H2,(H,24,28). The van der Waals surface area contributed by atoms with Crippen molar-refractivity contribution in [2.75, 3.05) is 49.7 Å². The highest BCUT2D eigenvalue weighted by Gasteiger charge is 2.20. The zero-order valence-corrected chi connectivity index (χ0v) is 16.9. The second-order valence-corrected chi connectivity index (χ2v) is 7.96. The Kier molecular flexibility index (Phi) is 4.81. The van der Waals surface area contributed by atoms with Crippen molar-refractivity contribution in [3.63, 3.8) is 0 Å². The summed E-state index contributed by atoms with van der Waals surface area (Å²) in [4.78, 5) is 14.0. The second-order valence-electron chi connectivity index (χ2n) is 7.55. The van der Waals surface area contributed by atoms with E-state index in [2.05, 4.69) is 44.3 Å². The second kappa shape index (κ2) is 7.61. The van der Waals surface area contributed by atoms with Gasteiger partial charge < -0.3 is 15.1 Å². The molecule has 2 aromatic carbocycles. The number of hydrogen-bond acceptors (Lipinski definition) is 4. The number of anilines is 1. The number of nitrogens with zero attached hydrogens (tertiary/aromatic N) is 3. The van der Waals surface area contributed by atoms with Gasteiger partial charge in [-0.25, -0.2) is 0 Å². The van der Waals surface area contributed by atoms with Crippen LogP contribution >= 0.6 is 11.6 Å². The van der Waals surface area contributed by atoms with Gasteiger partial charge >= 0.3 is 0 Å². The third kappa shape index (κ3) is 3.66. The molecule has 150 valence electrons. The molecule has 7 heteroatoms. The van der Waals surface area contributed by atoms with Gasteiger partial charge in [-0.15, -0.1) is 0 Å². The van der Waals surface area contributed by atoms with E-state index in [0.29, 0.717) is 0 Å². The molecule has 1 amide bonds. The van der Waals surface area contributed by atoms with Gasteiger partial charge in [-0.05, 0) is 36.2 Å². The minimum atomic E-state index is -0.0941. The van der Waals surface area contributed by atoms with Crippen molar-refractivity contribution in [2.24, 2.45) is 0 Å². The summed E-state index contributed by atoms with van der Waals surface area (Å²) in [7, 11) is 0. The third-order valence-corrected chi connectivity index (χ3v) is 5.99. The van der Waals surface area contributed by atoms with E-state index in [1.54, 1.807) is 0 Å². The Morgan fingerprint density at radius 3 is 2.79 bits per heavy atom. The fourth-order valence-corrected chi connectivity index (χ4v) is 4.39. The number of aromatic nitrogens is 1. The normalized spacial score (nSPS) is 17.1. The average Bonchev–Trinajstić information content (AvgIpc) is 3.18. The van der Waals surface area contributed by atoms with Gasteiger partial charge in [-0.2, -0.15) is 0 Å². The first kappa shape index (κ1) is 18.3. The Morgan fingerprint density at radius 2 is 1.93 bits per heavy atom. The Balaban J connectivity index is 1.19. The van der Waals surface area contributed by atoms with Gasteiger partial charge in [0.2, 0.25) is 0 Å². The maximum atomic E-state index is 11.5. The van der Waals surface area contributed by atoms with Crippen molar-refractivity contribution >= 4 is 34.1 Å². The zero-order chi connectivity index (χ0) is 19.8. The van der Waals surface area contributed by atoms with E-state index in [1.807, 2.05) is 24.3 Å². The lowest BCUT2D eigenvalue weighted by atomic mass is 10.1. The van der Waals surface area contributed by atoms with Crippen molar-refractivity contribution in [1.82, 2.24) is 9.58 Å². The predicted octanol–water partition coefficient (Wildman–Crippen LogP) is 3.12. The molecule has 1 aromatic heterocycles. The van der Waals surface area contributed by atoms with Gasteiger partial charge in [-0.3, -0.25) is 14.4 Å². The van der Waals surface area contributed by atoms with Crippen LogP contribution in [-0.4, -0.2) is 54.8 Å². The number of para-hydroxylation sites is 1. The number of nitrogens with one attached hydrogen (secondary N) is 1. The molecule has 5 rings (SSSR count). The van der Waals surface area contributed by atoms with Gasteiger partial charge in [0.25, 0.3) is 5.91 Å². The molecule has 2 aliphatic rings. The van der Waals surface area contributed by atoms with Crippen molar-refractivity contribution in [2.45, 2.75) is 6.42 Å². The number of amides is 1. The van der Waals surface area contributed by atoms with Crippen molar-refractivity contribution < 1.29 is 9.53 Å². The number of benzene rings is 2. The molecule has 1 fully saturated rings. The van der Waals surface area contributed by atoms with Crippen molar-refractivity contribution in [1.29, 1.82) is 0 Å². The number of halogens is 1. The molecule has 3 heterocycles. The molecule has 0 aliphatic carbocycles. The van der Waals surface area contributed by atoms with Crippen molar-refractivity contribution in [3.8, 4) is 5.75 Å². The molecule has 29 heavy (non-hydrogen) atoms. The van der Waals surface area contributed by atoms with Crippen LogP contribution in [-0.2, 0) is 11.2 Å². The van der Waals surface area contributed by atoms with E-state index >= 15 is 0 Å². The van der Waals surface area contributed by atoms with E-state index in [1.165, 1.54) is 10.9 Å². The minimum absolute atomic E-state index is 0.0941. The third-order valence-electron chi connectivity index (χ3n) is 5.69. The number of hydrogen-bond donors (Lipinski definition) is 1. The first-order valence-corrected chi connectivity index (χ1v) is 10.3. The fourth-order valence-electron chi connectivity index (χ4n) is 4.12. The summed E-state index contributed by atoms with van der Waals surface area (Å²) in [6.07, 6.45) is 3.05. The summed E-state index contributed by atoms with van der Waals surface area (Å²) < 4.78 is 7.63. The lowest BCUT2D eigenvalue weighted by molar-refractivity contribution is -0.118. The molecule has 0 bridgehead atoms. The molecule has 2 aliphatic heterocycles. The van der Waals surface area contributed by atoms with Gasteiger partial charge in [-0.1, -0.05) is 29.8 Å². The van der Waals surface area contributed by atoms with Crippen LogP contribution in [0.3, 0.4) is 0 Å². The van der Waals surface area contributed by atoms with Gasteiger partial charge in [0, 0.05) is 44.3 Å². The topological polar surface area (TPSA) is 49.7 Å². The summed E-state index contributed by atoms with van der Waals surface area (Å²) in [6.45, 7) is 5.03. The quantitative estimate of drug-likeness (QED) is 0.718. The maximum Gasteiger partial charge on any atom is 0.262 e. The molecule has 0 unspecified atom stereocenters. The Morgan fingerprint density at radius 1 is 1.07 bits per heavy atom. The lowest BCUT2D eigenvalue weighted by Crippen LogP contribution is -2.51. The van der Waals surface area contributed by atoms with E-state index in [0.717, 1.165) is 61.1 Å². The van der Waals surface area contributed by atoms with Crippen LogP contribution in [0.1, 0.15) is 5.56 Å². The summed E-state index contributed by atoms with van der Waals surface area (Å²) in [5, 5.41) is 7.20. The van der Waals surface area contributed by atoms with Crippen LogP contribution in [0.15, 0.2) is 48.7 Å². The SMILES string of the molecule is O=C1COc2ccc(CCN3CCN(n4ccc5cccc(Cl)c54)CC3)cc2N1. The van der Waals surface area contributed by atoms with Crippen LogP contribution < -0.4 is 15.1 Å². The van der Waals surface area contributed by atoms with Crippen LogP contribution in [0.25, 0.3) is 10.9 Å². The molecule has 0 saturated carbocycles. The lowest BCUT2D eigenvalue weighted by Gasteiger charge is -2.37. The number of carbonyl (C=O) groups is 1. The summed E-state index contributed by atoms with van der Waals surface area (Å²) in [5.41, 5.74) is 3.07. The zero-order valence-electron chi connectivity index (χ0n) is 16.1. The maximum absolute atomic E-state index is 11.5. The van der Waals surface area contributed by atoms with Crippen molar-refractivity contribution in [3.05, 3.63) is 59.2 Å². The summed E-state index contributed by atoms with van der Waals surface area (Å²) >= 11 is 6.44. The number of piperazine rings is 1. The van der Waals surface area contributed by atoms with Crippen LogP contribution in [0.2, 0.25) is 5.02 Å². The van der Waals surface area contributed by atoms with Crippen LogP contribution in [0, 0.1) is 0 Å². The highest BCUT2D eigenvalue weighted by atomic mass is 35.5. The highest BCUT2D eigenvalue weighted by molar-refractivity contribution is 6.35. The van der Waals surface area contributed by atoms with Crippen LogP contribution in [0.5, 0.6) is 5.75 Å². The van der Waals surface area contributed by atoms with Gasteiger partial charge in [0.1, 0.15) is 5.75 Å².